The summed E-state index contributed by atoms with van der Waals surface area (Å²) in [6, 6.07) is 13.4. The van der Waals surface area contributed by atoms with Crippen LogP contribution in [0.1, 0.15) is 42.3 Å². The van der Waals surface area contributed by atoms with Gasteiger partial charge in [-0.25, -0.2) is 0 Å². The van der Waals surface area contributed by atoms with Gasteiger partial charge in [-0.3, -0.25) is 4.79 Å². The Kier molecular flexibility index (Phi) is 6.36. The lowest BCUT2D eigenvalue weighted by molar-refractivity contribution is -0.112. The van der Waals surface area contributed by atoms with Crippen LogP contribution in [0, 0.1) is 29.6 Å². The highest BCUT2D eigenvalue weighted by atomic mass is 16.1. The Bertz CT molecular complexity index is 905. The van der Waals surface area contributed by atoms with E-state index in [1.54, 1.807) is 17.7 Å². The minimum Gasteiger partial charge on any atom is -0.339 e. The second-order valence-electron chi connectivity index (χ2n) is 6.17. The predicted molar refractivity (Wildman–Crippen MR) is 102 cm³/mol. The Hall–Kier alpha value is -3.31. The normalized spacial score (nSPS) is 10.9. The number of nitriles is 2. The van der Waals surface area contributed by atoms with Crippen molar-refractivity contribution >= 4 is 17.7 Å². The van der Waals surface area contributed by atoms with Crippen molar-refractivity contribution in [2.75, 3.05) is 5.32 Å². The molecule has 0 atom stereocenters. The first-order chi connectivity index (χ1) is 12.5. The van der Waals surface area contributed by atoms with Crippen LogP contribution in [0.5, 0.6) is 0 Å². The molecule has 2 aromatic rings. The van der Waals surface area contributed by atoms with Crippen LogP contribution < -0.4 is 5.32 Å². The summed E-state index contributed by atoms with van der Waals surface area (Å²) in [5.74, 6) is -0.462. The topological polar surface area (TPSA) is 81.6 Å². The number of hydrogen-bond acceptors (Lipinski definition) is 3. The molecule has 0 aliphatic carbocycles. The van der Waals surface area contributed by atoms with Crippen molar-refractivity contribution < 1.29 is 4.79 Å². The lowest BCUT2D eigenvalue weighted by atomic mass is 10.1. The van der Waals surface area contributed by atoms with E-state index >= 15 is 0 Å². The maximum atomic E-state index is 12.4. The van der Waals surface area contributed by atoms with E-state index in [0.717, 1.165) is 25.0 Å². The fourth-order valence-corrected chi connectivity index (χ4v) is 2.61. The highest BCUT2D eigenvalue weighted by molar-refractivity contribution is 6.09. The molecule has 0 fully saturated rings. The van der Waals surface area contributed by atoms with Crippen molar-refractivity contribution in [1.82, 2.24) is 4.57 Å². The van der Waals surface area contributed by atoms with Crippen molar-refractivity contribution in [1.29, 1.82) is 10.5 Å². The summed E-state index contributed by atoms with van der Waals surface area (Å²) in [6.07, 6.45) is 4.80. The van der Waals surface area contributed by atoms with E-state index in [1.807, 2.05) is 37.3 Å². The Morgan fingerprint density at radius 1 is 1.27 bits per heavy atom. The molecule has 132 valence electrons. The van der Waals surface area contributed by atoms with E-state index < -0.39 is 5.91 Å². The zero-order chi connectivity index (χ0) is 19.1. The molecular weight excluding hydrogens is 324 g/mol. The average Bonchev–Trinajstić information content (AvgIpc) is 2.93. The molecule has 0 radical (unpaired) electrons. The molecule has 1 heterocycles. The number of benzene rings is 1. The molecule has 1 aromatic carbocycles. The molecule has 0 saturated carbocycles. The van der Waals surface area contributed by atoms with Gasteiger partial charge in [0.15, 0.2) is 0 Å². The second kappa shape index (κ2) is 8.69. The molecule has 26 heavy (non-hydrogen) atoms. The summed E-state index contributed by atoms with van der Waals surface area (Å²) < 4.78 is 1.73. The largest absolute Gasteiger partial charge is 0.339 e. The summed E-state index contributed by atoms with van der Waals surface area (Å²) in [7, 11) is 1.78. The molecular formula is C21H22N4O. The van der Waals surface area contributed by atoms with Crippen LogP contribution in [0.15, 0.2) is 35.9 Å². The van der Waals surface area contributed by atoms with Crippen LogP contribution in [0.4, 0.5) is 5.69 Å². The van der Waals surface area contributed by atoms with Crippen molar-refractivity contribution in [2.45, 2.75) is 33.1 Å². The smallest absolute Gasteiger partial charge is 0.266 e. The maximum Gasteiger partial charge on any atom is 0.266 e. The van der Waals surface area contributed by atoms with Crippen LogP contribution in [-0.2, 0) is 18.3 Å². The number of hydrogen-bond donors (Lipinski definition) is 1. The number of carbonyl (C=O) groups excluding carboxylic acids is 1. The van der Waals surface area contributed by atoms with Gasteiger partial charge in [0.25, 0.3) is 5.91 Å². The van der Waals surface area contributed by atoms with Crippen molar-refractivity contribution in [2.24, 2.45) is 7.05 Å². The fraction of sp³-hybridized carbons (Fsp3) is 0.286. The van der Waals surface area contributed by atoms with Gasteiger partial charge in [-0.1, -0.05) is 25.5 Å². The fourth-order valence-electron chi connectivity index (χ4n) is 2.61. The molecule has 1 aromatic heterocycles. The molecule has 0 aliphatic rings. The van der Waals surface area contributed by atoms with Crippen molar-refractivity contribution in [3.05, 3.63) is 58.4 Å². The third kappa shape index (κ3) is 4.40. The van der Waals surface area contributed by atoms with Gasteiger partial charge in [0.2, 0.25) is 0 Å². The van der Waals surface area contributed by atoms with Crippen LogP contribution >= 0.6 is 0 Å². The lowest BCUT2D eigenvalue weighted by Gasteiger charge is -2.06. The van der Waals surface area contributed by atoms with Gasteiger partial charge in [0.05, 0.1) is 0 Å². The third-order valence-electron chi connectivity index (χ3n) is 4.38. The summed E-state index contributed by atoms with van der Waals surface area (Å²) in [4.78, 5) is 12.4. The molecule has 5 heteroatoms. The molecule has 2 rings (SSSR count). The Labute approximate surface area is 154 Å². The van der Waals surface area contributed by atoms with Gasteiger partial charge in [0.1, 0.15) is 23.4 Å². The van der Waals surface area contributed by atoms with E-state index in [0.29, 0.717) is 16.9 Å². The summed E-state index contributed by atoms with van der Waals surface area (Å²) in [5, 5.41) is 21.2. The Morgan fingerprint density at radius 2 is 1.96 bits per heavy atom. The van der Waals surface area contributed by atoms with Gasteiger partial charge >= 0.3 is 0 Å². The minimum absolute atomic E-state index is 0.00162. The van der Waals surface area contributed by atoms with Crippen molar-refractivity contribution in [3.8, 4) is 12.1 Å². The first-order valence-electron chi connectivity index (χ1n) is 8.58. The monoisotopic (exact) mass is 346 g/mol. The first-order valence-corrected chi connectivity index (χ1v) is 8.58. The SMILES string of the molecule is CCCCc1ccc(NC(=O)/C(C#N)=C/c2cc(C#N)n(C)c2C)cc1. The number of unbranched alkanes of at least 4 members (excludes halogenated alkanes) is 1. The summed E-state index contributed by atoms with van der Waals surface area (Å²) in [6.45, 7) is 3.99. The lowest BCUT2D eigenvalue weighted by Crippen LogP contribution is -2.13. The minimum atomic E-state index is -0.462. The van der Waals surface area contributed by atoms with E-state index in [9.17, 15) is 10.1 Å². The Morgan fingerprint density at radius 3 is 2.50 bits per heavy atom. The number of carbonyl (C=O) groups is 1. The first kappa shape index (κ1) is 19.0. The second-order valence-corrected chi connectivity index (χ2v) is 6.17. The number of anilines is 1. The number of amides is 1. The molecule has 0 unspecified atom stereocenters. The van der Waals surface area contributed by atoms with Crippen molar-refractivity contribution in [3.63, 3.8) is 0 Å². The van der Waals surface area contributed by atoms with E-state index in [1.165, 1.54) is 11.6 Å². The molecule has 0 aliphatic heterocycles. The van der Waals surface area contributed by atoms with E-state index in [2.05, 4.69) is 18.3 Å². The van der Waals surface area contributed by atoms with Gasteiger partial charge in [-0.05, 0) is 55.2 Å². The maximum absolute atomic E-state index is 12.4. The number of nitrogens with zero attached hydrogens (tertiary/aromatic N) is 3. The third-order valence-corrected chi connectivity index (χ3v) is 4.38. The van der Waals surface area contributed by atoms with Crippen LogP contribution in [0.25, 0.3) is 6.08 Å². The van der Waals surface area contributed by atoms with Gasteiger partial charge in [-0.2, -0.15) is 10.5 Å². The van der Waals surface area contributed by atoms with Gasteiger partial charge in [-0.15, -0.1) is 0 Å². The number of aromatic nitrogens is 1. The molecule has 0 spiro atoms. The molecule has 5 nitrogen and oxygen atoms in total. The zero-order valence-corrected chi connectivity index (χ0v) is 15.3. The van der Waals surface area contributed by atoms with Crippen LogP contribution in [-0.4, -0.2) is 10.5 Å². The molecule has 1 amide bonds. The van der Waals surface area contributed by atoms with E-state index in [-0.39, 0.29) is 5.57 Å². The molecule has 0 saturated heterocycles. The van der Waals surface area contributed by atoms with Gasteiger partial charge in [0, 0.05) is 18.4 Å². The van der Waals surface area contributed by atoms with Gasteiger partial charge < -0.3 is 9.88 Å². The predicted octanol–water partition coefficient (Wildman–Crippen LogP) is 4.09. The summed E-state index contributed by atoms with van der Waals surface area (Å²) in [5.41, 5.74) is 3.86. The van der Waals surface area contributed by atoms with Crippen LogP contribution in [0.2, 0.25) is 0 Å². The number of nitrogens with one attached hydrogen (secondary N) is 1. The quantitative estimate of drug-likeness (QED) is 0.631. The Balaban J connectivity index is 2.17. The molecule has 1 N–H and O–H groups in total. The number of aryl methyl sites for hydroxylation is 1. The standard InChI is InChI=1S/C21H22N4O/c1-4-5-6-16-7-9-19(10-8-16)24-21(26)18(13-22)11-17-12-20(14-23)25(3)15(17)2/h7-12H,4-6H2,1-3H3,(H,24,26)/b18-11+. The zero-order valence-electron chi connectivity index (χ0n) is 15.3. The highest BCUT2D eigenvalue weighted by Crippen LogP contribution is 2.18. The average molecular weight is 346 g/mol. The molecule has 0 bridgehead atoms. The number of rotatable bonds is 6. The summed E-state index contributed by atoms with van der Waals surface area (Å²) >= 11 is 0. The van der Waals surface area contributed by atoms with Crippen LogP contribution in [0.3, 0.4) is 0 Å². The highest BCUT2D eigenvalue weighted by Gasteiger charge is 2.13. The van der Waals surface area contributed by atoms with E-state index in [4.69, 9.17) is 5.26 Å².